The Balaban J connectivity index is 1.33. The largest absolute Gasteiger partial charge is 0.445 e. The smallest absolute Gasteiger partial charge is 0.408 e. The zero-order chi connectivity index (χ0) is 28.3. The topological polar surface area (TPSA) is 114 Å². The van der Waals surface area contributed by atoms with E-state index in [0.717, 1.165) is 36.8 Å². The summed E-state index contributed by atoms with van der Waals surface area (Å²) in [5.74, 6) is -0.631. The summed E-state index contributed by atoms with van der Waals surface area (Å²) >= 11 is 6.01. The van der Waals surface area contributed by atoms with Crippen LogP contribution in [0.3, 0.4) is 0 Å². The molecule has 1 saturated carbocycles. The van der Waals surface area contributed by atoms with Gasteiger partial charge in [-0.3, -0.25) is 9.59 Å². The van der Waals surface area contributed by atoms with Crippen LogP contribution in [0.5, 0.6) is 0 Å². The molecule has 2 fully saturated rings. The average molecular weight is 568 g/mol. The molecule has 214 valence electrons. The summed E-state index contributed by atoms with van der Waals surface area (Å²) in [4.78, 5) is 50.6. The van der Waals surface area contributed by atoms with Gasteiger partial charge in [0.05, 0.1) is 6.04 Å². The highest BCUT2D eigenvalue weighted by Gasteiger charge is 2.35. The number of alkyl carbamates (subject to hydrolysis) is 1. The number of ether oxygens (including phenoxy) is 1. The van der Waals surface area contributed by atoms with Gasteiger partial charge in [0.2, 0.25) is 11.8 Å². The number of aldehydes is 1. The Kier molecular flexibility index (Phi) is 11.0. The van der Waals surface area contributed by atoms with E-state index >= 15 is 0 Å². The van der Waals surface area contributed by atoms with Crippen LogP contribution in [-0.2, 0) is 32.1 Å². The second-order valence-electron chi connectivity index (χ2n) is 11.0. The second-order valence-corrected chi connectivity index (χ2v) is 11.4. The van der Waals surface area contributed by atoms with Crippen molar-refractivity contribution in [3.8, 4) is 0 Å². The predicted molar refractivity (Wildman–Crippen MR) is 153 cm³/mol. The van der Waals surface area contributed by atoms with Crippen molar-refractivity contribution in [1.29, 1.82) is 0 Å². The first-order chi connectivity index (χ1) is 19.4. The van der Waals surface area contributed by atoms with E-state index in [1.807, 2.05) is 30.3 Å². The van der Waals surface area contributed by atoms with Crippen molar-refractivity contribution < 1.29 is 23.9 Å². The number of nitrogens with one attached hydrogen (secondary N) is 3. The lowest BCUT2D eigenvalue weighted by Crippen LogP contribution is -2.51. The van der Waals surface area contributed by atoms with Gasteiger partial charge in [0, 0.05) is 17.0 Å². The van der Waals surface area contributed by atoms with Crippen molar-refractivity contribution in [2.24, 2.45) is 11.8 Å². The third-order valence-electron chi connectivity index (χ3n) is 7.80. The normalized spacial score (nSPS) is 20.7. The van der Waals surface area contributed by atoms with E-state index in [9.17, 15) is 19.2 Å². The SMILES string of the molecule is O=CC(CC1CC(Cc2ccccc2)NC1=O)NC(=O)C(CC1CCCCC1)NC(=O)OCc1cccc(Cl)c1. The summed E-state index contributed by atoms with van der Waals surface area (Å²) in [6.07, 6.45) is 7.28. The molecule has 2 aliphatic rings. The number of rotatable bonds is 12. The molecule has 2 aromatic rings. The van der Waals surface area contributed by atoms with Gasteiger partial charge >= 0.3 is 6.09 Å². The average Bonchev–Trinajstić information content (AvgIpc) is 3.30. The molecule has 8 nitrogen and oxygen atoms in total. The van der Waals surface area contributed by atoms with E-state index in [1.165, 1.54) is 6.42 Å². The maximum Gasteiger partial charge on any atom is 0.408 e. The van der Waals surface area contributed by atoms with Crippen LogP contribution in [0.25, 0.3) is 0 Å². The van der Waals surface area contributed by atoms with Crippen molar-refractivity contribution in [2.45, 2.75) is 82.5 Å². The molecule has 1 saturated heterocycles. The first kappa shape index (κ1) is 29.6. The molecule has 3 amide bonds. The van der Waals surface area contributed by atoms with Crippen molar-refractivity contribution in [3.05, 3.63) is 70.7 Å². The van der Waals surface area contributed by atoms with Gasteiger partial charge in [-0.25, -0.2) is 4.79 Å². The molecular formula is C31H38ClN3O5. The number of hydrogen-bond donors (Lipinski definition) is 3. The van der Waals surface area contributed by atoms with E-state index in [2.05, 4.69) is 16.0 Å². The molecule has 1 aliphatic heterocycles. The van der Waals surface area contributed by atoms with Gasteiger partial charge < -0.3 is 25.5 Å². The van der Waals surface area contributed by atoms with Crippen molar-refractivity contribution in [2.75, 3.05) is 0 Å². The van der Waals surface area contributed by atoms with Crippen LogP contribution in [0.2, 0.25) is 5.02 Å². The number of halogens is 1. The molecule has 3 N–H and O–H groups in total. The van der Waals surface area contributed by atoms with E-state index in [-0.39, 0.29) is 30.9 Å². The standard InChI is InChI=1S/C31H38ClN3O5/c32-25-13-7-12-23(14-25)20-40-31(39)35-28(16-22-10-5-2-6-11-22)30(38)34-27(19-36)18-24-17-26(33-29(24)37)15-21-8-3-1-4-9-21/h1,3-4,7-9,12-14,19,22,24,26-28H,2,5-6,10-11,15-18,20H2,(H,33,37)(H,34,38)(H,35,39). The third kappa shape index (κ3) is 9.08. The quantitative estimate of drug-likeness (QED) is 0.321. The first-order valence-corrected chi connectivity index (χ1v) is 14.5. The van der Waals surface area contributed by atoms with Gasteiger partial charge in [-0.15, -0.1) is 0 Å². The zero-order valence-corrected chi connectivity index (χ0v) is 23.4. The Bertz CT molecular complexity index is 1150. The molecule has 0 radical (unpaired) electrons. The van der Waals surface area contributed by atoms with Crippen molar-refractivity contribution in [3.63, 3.8) is 0 Å². The lowest BCUT2D eigenvalue weighted by atomic mass is 9.84. The molecule has 2 aromatic carbocycles. The minimum absolute atomic E-state index is 0.0158. The highest BCUT2D eigenvalue weighted by Crippen LogP contribution is 2.28. The van der Waals surface area contributed by atoms with Crippen LogP contribution in [0.4, 0.5) is 4.79 Å². The number of carbonyl (C=O) groups excluding carboxylic acids is 4. The summed E-state index contributed by atoms with van der Waals surface area (Å²) < 4.78 is 5.36. The number of hydrogen-bond acceptors (Lipinski definition) is 5. The Hall–Kier alpha value is -3.39. The molecule has 0 spiro atoms. The lowest BCUT2D eigenvalue weighted by molar-refractivity contribution is -0.127. The van der Waals surface area contributed by atoms with Crippen molar-refractivity contribution in [1.82, 2.24) is 16.0 Å². The molecule has 0 aromatic heterocycles. The Labute approximate surface area is 240 Å². The molecule has 40 heavy (non-hydrogen) atoms. The number of carbonyl (C=O) groups is 4. The van der Waals surface area contributed by atoms with E-state index in [1.54, 1.807) is 24.3 Å². The zero-order valence-electron chi connectivity index (χ0n) is 22.7. The molecule has 1 aliphatic carbocycles. The van der Waals surface area contributed by atoms with Crippen LogP contribution in [0.1, 0.15) is 62.5 Å². The fraction of sp³-hybridized carbons (Fsp3) is 0.484. The molecule has 0 bridgehead atoms. The summed E-state index contributed by atoms with van der Waals surface area (Å²) in [6, 6.07) is 15.2. The van der Waals surface area contributed by atoms with Crippen LogP contribution in [0, 0.1) is 11.8 Å². The number of benzene rings is 2. The monoisotopic (exact) mass is 567 g/mol. The van der Waals surface area contributed by atoms with E-state index in [4.69, 9.17) is 16.3 Å². The highest BCUT2D eigenvalue weighted by molar-refractivity contribution is 6.30. The summed E-state index contributed by atoms with van der Waals surface area (Å²) in [5, 5.41) is 9.05. The van der Waals surface area contributed by atoms with Gasteiger partial charge in [-0.1, -0.05) is 86.2 Å². The second kappa shape index (κ2) is 14.8. The van der Waals surface area contributed by atoms with Crippen LogP contribution < -0.4 is 16.0 Å². The highest BCUT2D eigenvalue weighted by atomic mass is 35.5. The maximum absolute atomic E-state index is 13.3. The van der Waals surface area contributed by atoms with Crippen molar-refractivity contribution >= 4 is 35.8 Å². The van der Waals surface area contributed by atoms with E-state index < -0.39 is 24.1 Å². The van der Waals surface area contributed by atoms with Crippen LogP contribution in [-0.4, -0.2) is 42.3 Å². The Morgan fingerprint density at radius 2 is 1.75 bits per heavy atom. The predicted octanol–water partition coefficient (Wildman–Crippen LogP) is 4.73. The molecule has 4 unspecified atom stereocenters. The fourth-order valence-corrected chi connectivity index (χ4v) is 5.96. The van der Waals surface area contributed by atoms with Crippen LogP contribution >= 0.6 is 11.6 Å². The Morgan fingerprint density at radius 3 is 2.48 bits per heavy atom. The van der Waals surface area contributed by atoms with Gasteiger partial charge in [0.25, 0.3) is 0 Å². The molecule has 4 atom stereocenters. The van der Waals surface area contributed by atoms with Gasteiger partial charge in [-0.2, -0.15) is 0 Å². The number of amides is 3. The minimum atomic E-state index is -0.847. The molecule has 1 heterocycles. The van der Waals surface area contributed by atoms with Gasteiger partial charge in [-0.05, 0) is 54.9 Å². The molecular weight excluding hydrogens is 530 g/mol. The fourth-order valence-electron chi connectivity index (χ4n) is 5.75. The Morgan fingerprint density at radius 1 is 1.00 bits per heavy atom. The lowest BCUT2D eigenvalue weighted by Gasteiger charge is -2.27. The van der Waals surface area contributed by atoms with Gasteiger partial charge in [0.15, 0.2) is 0 Å². The summed E-state index contributed by atoms with van der Waals surface area (Å²) in [7, 11) is 0. The molecule has 9 heteroatoms. The summed E-state index contributed by atoms with van der Waals surface area (Å²) in [5.41, 5.74) is 1.87. The molecule has 4 rings (SSSR count). The van der Waals surface area contributed by atoms with Gasteiger partial charge in [0.1, 0.15) is 18.9 Å². The van der Waals surface area contributed by atoms with E-state index in [0.29, 0.717) is 36.5 Å². The first-order valence-electron chi connectivity index (χ1n) is 14.2. The minimum Gasteiger partial charge on any atom is -0.445 e. The van der Waals surface area contributed by atoms with Crippen LogP contribution in [0.15, 0.2) is 54.6 Å². The third-order valence-corrected chi connectivity index (χ3v) is 8.04. The maximum atomic E-state index is 13.3. The summed E-state index contributed by atoms with van der Waals surface area (Å²) in [6.45, 7) is 0.0159.